The highest BCUT2D eigenvalue weighted by molar-refractivity contribution is 7.98. The van der Waals surface area contributed by atoms with E-state index < -0.39 is 0 Å². The number of thioether (sulfide) groups is 1. The summed E-state index contributed by atoms with van der Waals surface area (Å²) in [6.07, 6.45) is 1.63. The Morgan fingerprint density at radius 1 is 1.40 bits per heavy atom. The lowest BCUT2D eigenvalue weighted by Gasteiger charge is -2.25. The number of nitrogens with zero attached hydrogens (tertiary/aromatic N) is 2. The van der Waals surface area contributed by atoms with E-state index in [1.807, 2.05) is 38.1 Å². The molecule has 1 aliphatic heterocycles. The van der Waals surface area contributed by atoms with Crippen LogP contribution < -0.4 is 5.32 Å². The van der Waals surface area contributed by atoms with Crippen molar-refractivity contribution in [1.82, 2.24) is 10.2 Å². The molecule has 0 aromatic heterocycles. The van der Waals surface area contributed by atoms with E-state index in [9.17, 15) is 9.59 Å². The molecule has 5 nitrogen and oxygen atoms in total. The fourth-order valence-corrected chi connectivity index (χ4v) is 3.80. The van der Waals surface area contributed by atoms with Gasteiger partial charge in [-0.05, 0) is 24.5 Å². The Morgan fingerprint density at radius 3 is 2.88 bits per heavy atom. The van der Waals surface area contributed by atoms with Crippen LogP contribution in [0.4, 0.5) is 0 Å². The fourth-order valence-electron chi connectivity index (χ4n) is 2.94. The number of likely N-dealkylation sites (tertiary alicyclic amines) is 1. The van der Waals surface area contributed by atoms with Crippen LogP contribution in [-0.2, 0) is 15.3 Å². The van der Waals surface area contributed by atoms with Crippen molar-refractivity contribution in [1.29, 1.82) is 5.26 Å². The van der Waals surface area contributed by atoms with Crippen LogP contribution in [0.1, 0.15) is 37.8 Å². The van der Waals surface area contributed by atoms with Crippen molar-refractivity contribution in [3.63, 3.8) is 0 Å². The normalized spacial score (nSPS) is 16.7. The second kappa shape index (κ2) is 9.47. The van der Waals surface area contributed by atoms with Gasteiger partial charge in [-0.25, -0.2) is 0 Å². The molecule has 1 N–H and O–H groups in total. The topological polar surface area (TPSA) is 73.2 Å². The van der Waals surface area contributed by atoms with Crippen LogP contribution in [0.3, 0.4) is 0 Å². The molecule has 0 aliphatic carbocycles. The zero-order valence-electron chi connectivity index (χ0n) is 14.8. The summed E-state index contributed by atoms with van der Waals surface area (Å²) in [6, 6.07) is 9.44. The number of amides is 2. The molecule has 0 saturated carbocycles. The SMILES string of the molecule is CC(C)C(=O)N1CCCC1C(=O)NCCSCc1ccccc1C#N. The van der Waals surface area contributed by atoms with Gasteiger partial charge in [0.05, 0.1) is 11.6 Å². The van der Waals surface area contributed by atoms with Crippen molar-refractivity contribution in [3.05, 3.63) is 35.4 Å². The number of hydrogen-bond acceptors (Lipinski definition) is 4. The van der Waals surface area contributed by atoms with Gasteiger partial charge in [-0.15, -0.1) is 0 Å². The van der Waals surface area contributed by atoms with Crippen LogP contribution in [0.2, 0.25) is 0 Å². The lowest BCUT2D eigenvalue weighted by atomic mass is 10.1. The molecule has 1 saturated heterocycles. The molecule has 0 radical (unpaired) electrons. The predicted octanol–water partition coefficient (Wildman–Crippen LogP) is 2.55. The smallest absolute Gasteiger partial charge is 0.242 e. The Morgan fingerprint density at radius 2 is 2.16 bits per heavy atom. The second-order valence-electron chi connectivity index (χ2n) is 6.46. The zero-order valence-corrected chi connectivity index (χ0v) is 15.6. The van der Waals surface area contributed by atoms with Gasteiger partial charge in [0.1, 0.15) is 6.04 Å². The average Bonchev–Trinajstić information content (AvgIpc) is 3.10. The molecule has 1 atom stereocenters. The Kier molecular flexibility index (Phi) is 7.32. The largest absolute Gasteiger partial charge is 0.353 e. The van der Waals surface area contributed by atoms with E-state index in [-0.39, 0.29) is 23.8 Å². The minimum atomic E-state index is -0.320. The number of carbonyl (C=O) groups excluding carboxylic acids is 2. The number of benzene rings is 1. The summed E-state index contributed by atoms with van der Waals surface area (Å²) < 4.78 is 0. The molecule has 0 spiro atoms. The Bertz CT molecular complexity index is 654. The molecule has 1 aromatic carbocycles. The molecule has 1 fully saturated rings. The summed E-state index contributed by atoms with van der Waals surface area (Å²) >= 11 is 1.69. The molecule has 0 bridgehead atoms. The van der Waals surface area contributed by atoms with E-state index in [2.05, 4.69) is 11.4 Å². The molecule has 1 aliphatic rings. The van der Waals surface area contributed by atoms with E-state index >= 15 is 0 Å². The van der Waals surface area contributed by atoms with Crippen molar-refractivity contribution in [2.45, 2.75) is 38.5 Å². The minimum Gasteiger partial charge on any atom is -0.353 e. The standard InChI is InChI=1S/C19H25N3O2S/c1-14(2)19(24)22-10-5-8-17(22)18(23)21-9-11-25-13-16-7-4-3-6-15(16)12-20/h3-4,6-7,14,17H,5,8-11,13H2,1-2H3,(H,21,23). The van der Waals surface area contributed by atoms with E-state index in [4.69, 9.17) is 5.26 Å². The first kappa shape index (κ1) is 19.3. The van der Waals surface area contributed by atoms with Gasteiger partial charge in [-0.3, -0.25) is 9.59 Å². The summed E-state index contributed by atoms with van der Waals surface area (Å²) in [4.78, 5) is 26.2. The van der Waals surface area contributed by atoms with Gasteiger partial charge in [0.25, 0.3) is 0 Å². The predicted molar refractivity (Wildman–Crippen MR) is 99.9 cm³/mol. The summed E-state index contributed by atoms with van der Waals surface area (Å²) in [7, 11) is 0. The molecule has 2 rings (SSSR count). The quantitative estimate of drug-likeness (QED) is 0.760. The van der Waals surface area contributed by atoms with E-state index in [0.29, 0.717) is 18.7 Å². The molecule has 2 amide bonds. The third kappa shape index (κ3) is 5.23. The van der Waals surface area contributed by atoms with Gasteiger partial charge in [-0.1, -0.05) is 32.0 Å². The van der Waals surface area contributed by atoms with Crippen molar-refractivity contribution in [2.75, 3.05) is 18.8 Å². The first-order chi connectivity index (χ1) is 12.0. The van der Waals surface area contributed by atoms with Crippen LogP contribution in [0.15, 0.2) is 24.3 Å². The third-order valence-corrected chi connectivity index (χ3v) is 5.28. The van der Waals surface area contributed by atoms with Gasteiger partial charge in [0.15, 0.2) is 0 Å². The molecule has 1 unspecified atom stereocenters. The van der Waals surface area contributed by atoms with Crippen molar-refractivity contribution in [2.24, 2.45) is 5.92 Å². The maximum Gasteiger partial charge on any atom is 0.242 e. The number of nitriles is 1. The molecule has 25 heavy (non-hydrogen) atoms. The van der Waals surface area contributed by atoms with Crippen molar-refractivity contribution >= 4 is 23.6 Å². The summed E-state index contributed by atoms with van der Waals surface area (Å²) in [5.41, 5.74) is 1.72. The summed E-state index contributed by atoms with van der Waals surface area (Å²) in [6.45, 7) is 4.98. The molecule has 1 heterocycles. The number of nitrogens with one attached hydrogen (secondary N) is 1. The highest BCUT2D eigenvalue weighted by Gasteiger charge is 2.34. The Balaban J connectivity index is 1.73. The van der Waals surface area contributed by atoms with Crippen molar-refractivity contribution < 1.29 is 9.59 Å². The molecule has 1 aromatic rings. The third-order valence-electron chi connectivity index (χ3n) is 4.27. The molecule has 6 heteroatoms. The monoisotopic (exact) mass is 359 g/mol. The number of carbonyl (C=O) groups is 2. The first-order valence-corrected chi connectivity index (χ1v) is 9.84. The lowest BCUT2D eigenvalue weighted by Crippen LogP contribution is -2.47. The number of hydrogen-bond donors (Lipinski definition) is 1. The number of rotatable bonds is 7. The molecule has 134 valence electrons. The molecular weight excluding hydrogens is 334 g/mol. The second-order valence-corrected chi connectivity index (χ2v) is 7.56. The maximum atomic E-state index is 12.4. The summed E-state index contributed by atoms with van der Waals surface area (Å²) in [5.74, 6) is 1.45. The fraction of sp³-hybridized carbons (Fsp3) is 0.526. The minimum absolute atomic E-state index is 0.0514. The van der Waals surface area contributed by atoms with Gasteiger partial charge in [-0.2, -0.15) is 17.0 Å². The molecular formula is C19H25N3O2S. The van der Waals surface area contributed by atoms with Crippen LogP contribution in [0.5, 0.6) is 0 Å². The van der Waals surface area contributed by atoms with E-state index in [1.54, 1.807) is 16.7 Å². The Hall–Kier alpha value is -2.00. The van der Waals surface area contributed by atoms with Gasteiger partial charge in [0.2, 0.25) is 11.8 Å². The summed E-state index contributed by atoms with van der Waals surface area (Å²) in [5, 5.41) is 12.0. The highest BCUT2D eigenvalue weighted by atomic mass is 32.2. The lowest BCUT2D eigenvalue weighted by molar-refractivity contribution is -0.140. The first-order valence-electron chi connectivity index (χ1n) is 8.68. The van der Waals surface area contributed by atoms with Gasteiger partial charge < -0.3 is 10.2 Å². The highest BCUT2D eigenvalue weighted by Crippen LogP contribution is 2.20. The average molecular weight is 359 g/mol. The van der Waals surface area contributed by atoms with Gasteiger partial charge >= 0.3 is 0 Å². The van der Waals surface area contributed by atoms with Crippen LogP contribution in [0.25, 0.3) is 0 Å². The van der Waals surface area contributed by atoms with Crippen molar-refractivity contribution in [3.8, 4) is 6.07 Å². The maximum absolute atomic E-state index is 12.4. The van der Waals surface area contributed by atoms with E-state index in [0.717, 1.165) is 29.9 Å². The Labute approximate surface area is 153 Å². The van der Waals surface area contributed by atoms with Crippen LogP contribution >= 0.6 is 11.8 Å². The van der Waals surface area contributed by atoms with E-state index in [1.165, 1.54) is 0 Å². The zero-order chi connectivity index (χ0) is 18.2. The van der Waals surface area contributed by atoms with Gasteiger partial charge in [0, 0.05) is 30.5 Å². The van der Waals surface area contributed by atoms with Crippen LogP contribution in [-0.4, -0.2) is 41.6 Å². The van der Waals surface area contributed by atoms with Crippen LogP contribution in [0, 0.1) is 17.2 Å².